The average molecular weight is 196 g/mol. The smallest absolute Gasteiger partial charge is 0.248 e. The Morgan fingerprint density at radius 3 is 3.00 bits per heavy atom. The Bertz CT molecular complexity index is 245. The number of amides is 1. The topological polar surface area (TPSA) is 53.3 Å². The highest BCUT2D eigenvalue weighted by atomic mass is 16.5. The molecule has 4 nitrogen and oxygen atoms in total. The number of hydrogen-bond donors (Lipinski definition) is 0. The third-order valence-corrected chi connectivity index (χ3v) is 2.27. The second kappa shape index (κ2) is 4.97. The third kappa shape index (κ3) is 3.00. The average Bonchev–Trinajstić information content (AvgIpc) is 2.16. The van der Waals surface area contributed by atoms with Crippen molar-refractivity contribution in [1.29, 1.82) is 5.26 Å². The van der Waals surface area contributed by atoms with Gasteiger partial charge in [-0.05, 0) is 12.3 Å². The maximum Gasteiger partial charge on any atom is 0.248 e. The summed E-state index contributed by atoms with van der Waals surface area (Å²) in [5.41, 5.74) is 0. The van der Waals surface area contributed by atoms with Gasteiger partial charge in [-0.2, -0.15) is 5.26 Å². The molecule has 1 saturated heterocycles. The molecule has 1 rings (SSSR count). The summed E-state index contributed by atoms with van der Waals surface area (Å²) < 4.78 is 5.02. The molecule has 0 saturated carbocycles. The maximum atomic E-state index is 11.4. The number of morpholine rings is 1. The number of ether oxygens (including phenoxy) is 1. The van der Waals surface area contributed by atoms with Crippen molar-refractivity contribution in [3.63, 3.8) is 0 Å². The molecular formula is C10H16N2O2. The first-order valence-corrected chi connectivity index (χ1v) is 4.92. The van der Waals surface area contributed by atoms with Crippen LogP contribution in [0.1, 0.15) is 20.3 Å². The molecule has 0 bridgehead atoms. The van der Waals surface area contributed by atoms with Crippen LogP contribution in [0.5, 0.6) is 0 Å². The molecule has 1 amide bonds. The molecule has 0 aromatic heterocycles. The molecule has 0 spiro atoms. The summed E-state index contributed by atoms with van der Waals surface area (Å²) in [7, 11) is 0. The zero-order valence-electron chi connectivity index (χ0n) is 8.69. The quantitative estimate of drug-likeness (QED) is 0.670. The predicted octanol–water partition coefficient (Wildman–Crippen LogP) is 0.783. The normalized spacial score (nSPS) is 22.6. The van der Waals surface area contributed by atoms with Crippen LogP contribution in [0.4, 0.5) is 0 Å². The maximum absolute atomic E-state index is 11.4. The Morgan fingerprint density at radius 2 is 2.43 bits per heavy atom. The molecule has 1 atom stereocenters. The molecule has 14 heavy (non-hydrogen) atoms. The fourth-order valence-corrected chi connectivity index (χ4v) is 1.33. The van der Waals surface area contributed by atoms with Crippen LogP contribution in [0.2, 0.25) is 0 Å². The second-order valence-corrected chi connectivity index (χ2v) is 3.95. The van der Waals surface area contributed by atoms with E-state index in [0.29, 0.717) is 12.5 Å². The molecule has 1 heterocycles. The van der Waals surface area contributed by atoms with E-state index in [4.69, 9.17) is 10.00 Å². The Labute approximate surface area is 84.4 Å². The van der Waals surface area contributed by atoms with Gasteiger partial charge in [0.25, 0.3) is 0 Å². The van der Waals surface area contributed by atoms with E-state index in [0.717, 1.165) is 13.0 Å². The number of rotatable bonds is 3. The van der Waals surface area contributed by atoms with Crippen molar-refractivity contribution in [2.45, 2.75) is 26.4 Å². The Kier molecular flexibility index (Phi) is 3.90. The first-order chi connectivity index (χ1) is 6.63. The molecule has 1 aliphatic heterocycles. The summed E-state index contributed by atoms with van der Waals surface area (Å²) in [5.74, 6) is 0.573. The Hall–Kier alpha value is -1.08. The van der Waals surface area contributed by atoms with E-state index in [1.54, 1.807) is 4.90 Å². The minimum atomic E-state index is -0.445. The fourth-order valence-electron chi connectivity index (χ4n) is 1.33. The number of nitriles is 1. The zero-order chi connectivity index (χ0) is 10.6. The molecule has 0 aromatic carbocycles. The SMILES string of the molecule is CC(C)CCN1CC(C#N)OCC1=O. The number of nitrogens with zero attached hydrogens (tertiary/aromatic N) is 2. The van der Waals surface area contributed by atoms with E-state index in [2.05, 4.69) is 13.8 Å². The molecule has 1 unspecified atom stereocenters. The molecule has 0 aromatic rings. The van der Waals surface area contributed by atoms with Crippen molar-refractivity contribution in [3.8, 4) is 6.07 Å². The van der Waals surface area contributed by atoms with Crippen molar-refractivity contribution in [2.24, 2.45) is 5.92 Å². The van der Waals surface area contributed by atoms with Gasteiger partial charge < -0.3 is 9.64 Å². The largest absolute Gasteiger partial charge is 0.352 e. The van der Waals surface area contributed by atoms with Crippen LogP contribution in [0.3, 0.4) is 0 Å². The lowest BCUT2D eigenvalue weighted by Crippen LogP contribution is -2.46. The van der Waals surface area contributed by atoms with Crippen molar-refractivity contribution in [1.82, 2.24) is 4.90 Å². The molecular weight excluding hydrogens is 180 g/mol. The monoisotopic (exact) mass is 196 g/mol. The molecule has 78 valence electrons. The van der Waals surface area contributed by atoms with Gasteiger partial charge in [-0.3, -0.25) is 4.79 Å². The molecule has 0 N–H and O–H groups in total. The van der Waals surface area contributed by atoms with Crippen molar-refractivity contribution >= 4 is 5.91 Å². The van der Waals surface area contributed by atoms with Crippen LogP contribution in [0, 0.1) is 17.2 Å². The van der Waals surface area contributed by atoms with Crippen molar-refractivity contribution < 1.29 is 9.53 Å². The van der Waals surface area contributed by atoms with Gasteiger partial charge in [-0.25, -0.2) is 0 Å². The van der Waals surface area contributed by atoms with E-state index in [1.165, 1.54) is 0 Å². The number of carbonyl (C=O) groups is 1. The van der Waals surface area contributed by atoms with Crippen LogP contribution in [-0.2, 0) is 9.53 Å². The number of carbonyl (C=O) groups excluding carboxylic acids is 1. The highest BCUT2D eigenvalue weighted by Gasteiger charge is 2.25. The Morgan fingerprint density at radius 1 is 1.71 bits per heavy atom. The third-order valence-electron chi connectivity index (χ3n) is 2.27. The minimum Gasteiger partial charge on any atom is -0.352 e. The van der Waals surface area contributed by atoms with E-state index >= 15 is 0 Å². The van der Waals surface area contributed by atoms with Gasteiger partial charge in [0.15, 0.2) is 6.10 Å². The Balaban J connectivity index is 2.41. The van der Waals surface area contributed by atoms with E-state index in [-0.39, 0.29) is 12.5 Å². The van der Waals surface area contributed by atoms with E-state index in [1.807, 2.05) is 6.07 Å². The van der Waals surface area contributed by atoms with Gasteiger partial charge in [0.05, 0.1) is 12.6 Å². The summed E-state index contributed by atoms with van der Waals surface area (Å²) in [5, 5.41) is 8.66. The molecule has 0 radical (unpaired) electrons. The lowest BCUT2D eigenvalue weighted by Gasteiger charge is -2.30. The van der Waals surface area contributed by atoms with Gasteiger partial charge >= 0.3 is 0 Å². The van der Waals surface area contributed by atoms with Crippen LogP contribution in [0.15, 0.2) is 0 Å². The molecule has 1 fully saturated rings. The summed E-state index contributed by atoms with van der Waals surface area (Å²) in [6.07, 6.45) is 0.532. The lowest BCUT2D eigenvalue weighted by molar-refractivity contribution is -0.146. The van der Waals surface area contributed by atoms with Crippen LogP contribution >= 0.6 is 0 Å². The predicted molar refractivity (Wildman–Crippen MR) is 51.4 cm³/mol. The van der Waals surface area contributed by atoms with Gasteiger partial charge in [0.1, 0.15) is 6.61 Å². The van der Waals surface area contributed by atoms with E-state index in [9.17, 15) is 4.79 Å². The summed E-state index contributed by atoms with van der Waals surface area (Å²) in [6, 6.07) is 2.03. The second-order valence-electron chi connectivity index (χ2n) is 3.95. The van der Waals surface area contributed by atoms with Gasteiger partial charge in [-0.1, -0.05) is 13.8 Å². The van der Waals surface area contributed by atoms with Gasteiger partial charge in [-0.15, -0.1) is 0 Å². The standard InChI is InChI=1S/C10H16N2O2/c1-8(2)3-4-12-6-9(5-11)14-7-10(12)13/h8-9H,3-4,6-7H2,1-2H3. The molecule has 1 aliphatic rings. The summed E-state index contributed by atoms with van der Waals surface area (Å²) >= 11 is 0. The first kappa shape index (κ1) is 11.0. The van der Waals surface area contributed by atoms with Gasteiger partial charge in [0.2, 0.25) is 5.91 Å². The highest BCUT2D eigenvalue weighted by molar-refractivity contribution is 5.78. The molecule has 0 aliphatic carbocycles. The summed E-state index contributed by atoms with van der Waals surface area (Å²) in [6.45, 7) is 5.44. The highest BCUT2D eigenvalue weighted by Crippen LogP contribution is 2.09. The van der Waals surface area contributed by atoms with E-state index < -0.39 is 6.10 Å². The lowest BCUT2D eigenvalue weighted by atomic mass is 10.1. The first-order valence-electron chi connectivity index (χ1n) is 4.92. The minimum absolute atomic E-state index is 0.00264. The zero-order valence-corrected chi connectivity index (χ0v) is 8.69. The van der Waals surface area contributed by atoms with Crippen LogP contribution < -0.4 is 0 Å². The van der Waals surface area contributed by atoms with Crippen LogP contribution in [-0.4, -0.2) is 36.6 Å². The van der Waals surface area contributed by atoms with Crippen molar-refractivity contribution in [3.05, 3.63) is 0 Å². The van der Waals surface area contributed by atoms with Crippen molar-refractivity contribution in [2.75, 3.05) is 19.7 Å². The fraction of sp³-hybridized carbons (Fsp3) is 0.800. The summed E-state index contributed by atoms with van der Waals surface area (Å²) in [4.78, 5) is 13.1. The van der Waals surface area contributed by atoms with Gasteiger partial charge in [0, 0.05) is 6.54 Å². The number of hydrogen-bond acceptors (Lipinski definition) is 3. The molecule has 4 heteroatoms. The van der Waals surface area contributed by atoms with Crippen LogP contribution in [0.25, 0.3) is 0 Å².